The number of benzene rings is 2. The van der Waals surface area contributed by atoms with Crippen LogP contribution in [-0.2, 0) is 24.2 Å². The van der Waals surface area contributed by atoms with Gasteiger partial charge in [-0.1, -0.05) is 48.5 Å². The van der Waals surface area contributed by atoms with Crippen molar-refractivity contribution < 1.29 is 9.59 Å². The average molecular weight is 415 g/mol. The number of nitrogens with zero attached hydrogens (tertiary/aromatic N) is 4. The van der Waals surface area contributed by atoms with Crippen molar-refractivity contribution >= 4 is 17.6 Å². The molecule has 3 aromatic rings. The van der Waals surface area contributed by atoms with E-state index in [0.717, 1.165) is 17.7 Å². The van der Waals surface area contributed by atoms with Crippen molar-refractivity contribution in [3.8, 4) is 0 Å². The minimum absolute atomic E-state index is 0.0844. The number of fused-ring (bicyclic) bond motifs is 1. The predicted molar refractivity (Wildman–Crippen MR) is 120 cm³/mol. The quantitative estimate of drug-likeness (QED) is 0.618. The Morgan fingerprint density at radius 1 is 1.00 bits per heavy atom. The van der Waals surface area contributed by atoms with Crippen molar-refractivity contribution in [1.29, 1.82) is 0 Å². The summed E-state index contributed by atoms with van der Waals surface area (Å²) >= 11 is 0. The summed E-state index contributed by atoms with van der Waals surface area (Å²) < 4.78 is 0. The monoisotopic (exact) mass is 414 g/mol. The van der Waals surface area contributed by atoms with E-state index in [0.29, 0.717) is 36.6 Å². The zero-order valence-corrected chi connectivity index (χ0v) is 17.9. The van der Waals surface area contributed by atoms with Crippen LogP contribution in [0.1, 0.15) is 39.4 Å². The fourth-order valence-electron chi connectivity index (χ4n) is 3.91. The summed E-state index contributed by atoms with van der Waals surface area (Å²) in [5.74, 6) is 1.23. The van der Waals surface area contributed by atoms with Gasteiger partial charge in [-0.2, -0.15) is 0 Å². The molecular formula is C25H26N4O2. The van der Waals surface area contributed by atoms with Crippen molar-refractivity contribution in [2.24, 2.45) is 0 Å². The molecule has 0 aliphatic carbocycles. The van der Waals surface area contributed by atoms with Gasteiger partial charge in [-0.3, -0.25) is 14.5 Å². The lowest BCUT2D eigenvalue weighted by molar-refractivity contribution is -0.118. The summed E-state index contributed by atoms with van der Waals surface area (Å²) in [5.41, 5.74) is 3.70. The van der Waals surface area contributed by atoms with Crippen LogP contribution in [0.5, 0.6) is 0 Å². The van der Waals surface area contributed by atoms with E-state index in [4.69, 9.17) is 4.98 Å². The van der Waals surface area contributed by atoms with E-state index < -0.39 is 0 Å². The molecule has 2 amide bonds. The molecule has 0 unspecified atom stereocenters. The largest absolute Gasteiger partial charge is 0.334 e. The lowest BCUT2D eigenvalue weighted by atomic mass is 10.0. The zero-order valence-electron chi connectivity index (χ0n) is 17.9. The van der Waals surface area contributed by atoms with Crippen LogP contribution in [0.2, 0.25) is 0 Å². The van der Waals surface area contributed by atoms with E-state index in [9.17, 15) is 9.59 Å². The number of hydrogen-bond acceptors (Lipinski definition) is 4. The van der Waals surface area contributed by atoms with Gasteiger partial charge in [-0.05, 0) is 37.5 Å². The molecule has 31 heavy (non-hydrogen) atoms. The van der Waals surface area contributed by atoms with Crippen molar-refractivity contribution in [3.63, 3.8) is 0 Å². The number of carbonyl (C=O) groups is 2. The third kappa shape index (κ3) is 4.63. The molecule has 0 radical (unpaired) electrons. The van der Waals surface area contributed by atoms with Gasteiger partial charge < -0.3 is 4.90 Å². The lowest BCUT2D eigenvalue weighted by Gasteiger charge is -2.30. The molecule has 158 valence electrons. The number of anilines is 1. The third-order valence-electron chi connectivity index (χ3n) is 5.60. The second-order valence-electron chi connectivity index (χ2n) is 7.84. The van der Waals surface area contributed by atoms with Gasteiger partial charge >= 0.3 is 0 Å². The molecule has 0 fully saturated rings. The van der Waals surface area contributed by atoms with Crippen LogP contribution in [0, 0.1) is 6.92 Å². The molecule has 1 aliphatic rings. The smallest absolute Gasteiger partial charge is 0.254 e. The highest BCUT2D eigenvalue weighted by Crippen LogP contribution is 2.28. The van der Waals surface area contributed by atoms with Crippen LogP contribution in [0.25, 0.3) is 0 Å². The first kappa shape index (κ1) is 20.7. The van der Waals surface area contributed by atoms with Crippen LogP contribution in [0.4, 0.5) is 5.82 Å². The fraction of sp³-hybridized carbons (Fsp3) is 0.280. The van der Waals surface area contributed by atoms with Gasteiger partial charge in [-0.25, -0.2) is 9.97 Å². The highest BCUT2D eigenvalue weighted by Gasteiger charge is 2.28. The maximum atomic E-state index is 12.7. The minimum Gasteiger partial charge on any atom is -0.334 e. The van der Waals surface area contributed by atoms with Gasteiger partial charge in [-0.15, -0.1) is 0 Å². The van der Waals surface area contributed by atoms with Gasteiger partial charge in [0.2, 0.25) is 5.91 Å². The molecule has 0 spiro atoms. The van der Waals surface area contributed by atoms with Gasteiger partial charge in [0.1, 0.15) is 11.6 Å². The first-order valence-electron chi connectivity index (χ1n) is 10.5. The number of carbonyl (C=O) groups excluding carboxylic acids is 2. The molecule has 0 bridgehead atoms. The number of aromatic nitrogens is 2. The fourth-order valence-corrected chi connectivity index (χ4v) is 3.91. The average Bonchev–Trinajstić information content (AvgIpc) is 2.79. The highest BCUT2D eigenvalue weighted by molar-refractivity contribution is 5.95. The van der Waals surface area contributed by atoms with Gasteiger partial charge in [0.25, 0.3) is 5.91 Å². The molecule has 0 saturated heterocycles. The summed E-state index contributed by atoms with van der Waals surface area (Å²) in [4.78, 5) is 38.2. The topological polar surface area (TPSA) is 66.4 Å². The van der Waals surface area contributed by atoms with E-state index in [1.165, 1.54) is 5.56 Å². The van der Waals surface area contributed by atoms with Crippen LogP contribution in [0.15, 0.2) is 60.7 Å². The third-order valence-corrected chi connectivity index (χ3v) is 5.60. The molecule has 2 heterocycles. The Kier molecular flexibility index (Phi) is 6.07. The van der Waals surface area contributed by atoms with Gasteiger partial charge in [0, 0.05) is 36.8 Å². The van der Waals surface area contributed by atoms with E-state index >= 15 is 0 Å². The molecular weight excluding hydrogens is 388 g/mol. The number of amides is 2. The van der Waals surface area contributed by atoms with E-state index in [2.05, 4.69) is 17.1 Å². The molecule has 1 aromatic heterocycles. The summed E-state index contributed by atoms with van der Waals surface area (Å²) in [6, 6.07) is 19.3. The van der Waals surface area contributed by atoms with Gasteiger partial charge in [0.15, 0.2) is 0 Å². The van der Waals surface area contributed by atoms with Crippen LogP contribution in [0.3, 0.4) is 0 Å². The van der Waals surface area contributed by atoms with E-state index in [1.807, 2.05) is 43.3 Å². The minimum atomic E-state index is -0.0865. The second kappa shape index (κ2) is 9.08. The maximum absolute atomic E-state index is 12.7. The molecule has 0 atom stereocenters. The summed E-state index contributed by atoms with van der Waals surface area (Å²) in [6.07, 6.45) is 1.88. The normalized spacial score (nSPS) is 13.1. The van der Waals surface area contributed by atoms with Crippen LogP contribution < -0.4 is 4.90 Å². The van der Waals surface area contributed by atoms with Crippen LogP contribution >= 0.6 is 0 Å². The molecule has 1 aliphatic heterocycles. The Balaban J connectivity index is 1.56. The molecule has 2 aromatic carbocycles. The molecule has 0 N–H and O–H groups in total. The Labute approximate surface area is 182 Å². The van der Waals surface area contributed by atoms with Crippen LogP contribution in [-0.4, -0.2) is 40.3 Å². The van der Waals surface area contributed by atoms with E-state index in [1.54, 1.807) is 29.0 Å². The summed E-state index contributed by atoms with van der Waals surface area (Å²) in [7, 11) is 1.74. The first-order chi connectivity index (χ1) is 15.0. The summed E-state index contributed by atoms with van der Waals surface area (Å²) in [6.45, 7) is 2.81. The molecule has 0 saturated carbocycles. The molecule has 4 rings (SSSR count). The summed E-state index contributed by atoms with van der Waals surface area (Å²) in [5, 5.41) is 0. The van der Waals surface area contributed by atoms with Crippen molar-refractivity contribution in [2.45, 2.75) is 32.7 Å². The Hall–Kier alpha value is -3.54. The predicted octanol–water partition coefficient (Wildman–Crippen LogP) is 3.58. The molecule has 6 nitrogen and oxygen atoms in total. The van der Waals surface area contributed by atoms with Gasteiger partial charge in [0.05, 0.1) is 6.54 Å². The first-order valence-corrected chi connectivity index (χ1v) is 10.5. The number of hydrogen-bond donors (Lipinski definition) is 0. The SMILES string of the molecule is Cc1nc(CN(C)C(=O)c2ccccc2)nc2c1CCC(=O)N2CCc1ccccc1. The lowest BCUT2D eigenvalue weighted by Crippen LogP contribution is -2.38. The second-order valence-corrected chi connectivity index (χ2v) is 7.84. The van der Waals surface area contributed by atoms with Crippen molar-refractivity contribution in [1.82, 2.24) is 14.9 Å². The Morgan fingerprint density at radius 2 is 1.68 bits per heavy atom. The van der Waals surface area contributed by atoms with Crippen molar-refractivity contribution in [3.05, 3.63) is 88.9 Å². The van der Waals surface area contributed by atoms with E-state index in [-0.39, 0.29) is 18.4 Å². The molecule has 6 heteroatoms. The number of aryl methyl sites for hydroxylation is 1. The Morgan fingerprint density at radius 3 is 2.39 bits per heavy atom. The highest BCUT2D eigenvalue weighted by atomic mass is 16.2. The van der Waals surface area contributed by atoms with Crippen molar-refractivity contribution in [2.75, 3.05) is 18.5 Å². The number of rotatable bonds is 6. The standard InChI is InChI=1S/C25H26N4O2/c1-18-21-13-14-23(30)29(16-15-19-9-5-3-6-10-19)24(21)27-22(26-18)17-28(2)25(31)20-11-7-4-8-12-20/h3-12H,13-17H2,1-2H3. The zero-order chi connectivity index (χ0) is 21.8. The maximum Gasteiger partial charge on any atom is 0.254 e. The Bertz CT molecular complexity index is 1080.